The standard InChI is InChI=1S/C10H5ClF3N/c11-6-1-2-9-7(5-6)8(3-4-15-9)10(12,13)14/h1-5H. The molecule has 0 aliphatic rings. The van der Waals surface area contributed by atoms with E-state index in [2.05, 4.69) is 4.98 Å². The van der Waals surface area contributed by atoms with E-state index in [-0.39, 0.29) is 15.9 Å². The smallest absolute Gasteiger partial charge is 0.256 e. The van der Waals surface area contributed by atoms with Crippen molar-refractivity contribution in [3.63, 3.8) is 0 Å². The highest BCUT2D eigenvalue weighted by Gasteiger charge is 2.32. The molecule has 1 aromatic heterocycles. The van der Waals surface area contributed by atoms with Gasteiger partial charge in [-0.1, -0.05) is 11.6 Å². The van der Waals surface area contributed by atoms with E-state index in [0.717, 1.165) is 12.3 Å². The number of halogens is 4. The van der Waals surface area contributed by atoms with Gasteiger partial charge in [0.1, 0.15) is 0 Å². The van der Waals surface area contributed by atoms with E-state index in [0.29, 0.717) is 0 Å². The van der Waals surface area contributed by atoms with Crippen LogP contribution in [0.25, 0.3) is 10.9 Å². The molecule has 0 fully saturated rings. The molecule has 78 valence electrons. The molecule has 0 atom stereocenters. The Labute approximate surface area is 88.5 Å². The first-order chi connectivity index (χ1) is 6.98. The average Bonchev–Trinajstić information content (AvgIpc) is 2.15. The molecule has 1 heterocycles. The minimum Gasteiger partial charge on any atom is -0.256 e. The van der Waals surface area contributed by atoms with Gasteiger partial charge in [-0.15, -0.1) is 0 Å². The summed E-state index contributed by atoms with van der Waals surface area (Å²) < 4.78 is 37.7. The molecule has 1 nitrogen and oxygen atoms in total. The summed E-state index contributed by atoms with van der Waals surface area (Å²) in [4.78, 5) is 3.84. The number of fused-ring (bicyclic) bond motifs is 1. The quantitative estimate of drug-likeness (QED) is 0.670. The zero-order valence-electron chi connectivity index (χ0n) is 7.35. The Kier molecular flexibility index (Phi) is 2.31. The van der Waals surface area contributed by atoms with Crippen LogP contribution in [-0.4, -0.2) is 4.98 Å². The van der Waals surface area contributed by atoms with E-state index in [1.807, 2.05) is 0 Å². The van der Waals surface area contributed by atoms with Gasteiger partial charge in [-0.25, -0.2) is 0 Å². The normalized spacial score (nSPS) is 12.0. The Hall–Kier alpha value is -1.29. The van der Waals surface area contributed by atoms with Crippen LogP contribution in [0.3, 0.4) is 0 Å². The highest BCUT2D eigenvalue weighted by molar-refractivity contribution is 6.31. The molecule has 0 saturated heterocycles. The Morgan fingerprint density at radius 2 is 1.87 bits per heavy atom. The molecular formula is C10H5ClF3N. The van der Waals surface area contributed by atoms with E-state index in [9.17, 15) is 13.2 Å². The molecule has 2 aromatic rings. The zero-order chi connectivity index (χ0) is 11.1. The first-order valence-electron chi connectivity index (χ1n) is 4.10. The summed E-state index contributed by atoms with van der Waals surface area (Å²) in [5, 5.41) is 0.290. The van der Waals surface area contributed by atoms with Gasteiger partial charge in [0.05, 0.1) is 11.1 Å². The number of alkyl halides is 3. The van der Waals surface area contributed by atoms with Crippen molar-refractivity contribution in [2.75, 3.05) is 0 Å². The maximum absolute atomic E-state index is 12.6. The lowest BCUT2D eigenvalue weighted by Gasteiger charge is -2.09. The number of benzene rings is 1. The Balaban J connectivity index is 2.80. The second kappa shape index (κ2) is 3.38. The maximum atomic E-state index is 12.6. The van der Waals surface area contributed by atoms with Crippen LogP contribution >= 0.6 is 11.6 Å². The summed E-state index contributed by atoms with van der Waals surface area (Å²) >= 11 is 5.65. The molecule has 0 saturated carbocycles. The fourth-order valence-corrected chi connectivity index (χ4v) is 1.54. The summed E-state index contributed by atoms with van der Waals surface area (Å²) in [6.45, 7) is 0. The number of hydrogen-bond donors (Lipinski definition) is 0. The fraction of sp³-hybridized carbons (Fsp3) is 0.100. The SMILES string of the molecule is FC(F)(F)c1ccnc2ccc(Cl)cc12. The lowest BCUT2D eigenvalue weighted by Crippen LogP contribution is -2.05. The van der Waals surface area contributed by atoms with Crippen molar-refractivity contribution in [2.24, 2.45) is 0 Å². The molecule has 0 radical (unpaired) electrons. The van der Waals surface area contributed by atoms with Crippen molar-refractivity contribution >= 4 is 22.5 Å². The predicted octanol–water partition coefficient (Wildman–Crippen LogP) is 3.91. The van der Waals surface area contributed by atoms with Gasteiger partial charge in [0, 0.05) is 16.6 Å². The minimum atomic E-state index is -4.38. The summed E-state index contributed by atoms with van der Waals surface area (Å²) in [5.74, 6) is 0. The Bertz CT molecular complexity index is 507. The molecule has 5 heteroatoms. The highest BCUT2D eigenvalue weighted by Crippen LogP contribution is 2.34. The van der Waals surface area contributed by atoms with Crippen LogP contribution < -0.4 is 0 Å². The number of aromatic nitrogens is 1. The molecule has 0 amide bonds. The average molecular weight is 232 g/mol. The van der Waals surface area contributed by atoms with Crippen LogP contribution in [0.1, 0.15) is 5.56 Å². The number of pyridine rings is 1. The van der Waals surface area contributed by atoms with Crippen molar-refractivity contribution in [3.8, 4) is 0 Å². The summed E-state index contributed by atoms with van der Waals surface area (Å²) in [6, 6.07) is 5.19. The molecule has 15 heavy (non-hydrogen) atoms. The van der Waals surface area contributed by atoms with Crippen LogP contribution in [0.5, 0.6) is 0 Å². The fourth-order valence-electron chi connectivity index (χ4n) is 1.37. The second-order valence-corrected chi connectivity index (χ2v) is 3.45. The minimum absolute atomic E-state index is 0.0255. The van der Waals surface area contributed by atoms with Crippen LogP contribution in [-0.2, 0) is 6.18 Å². The molecule has 0 spiro atoms. The van der Waals surface area contributed by atoms with Gasteiger partial charge in [-0.2, -0.15) is 13.2 Å². The molecule has 0 unspecified atom stereocenters. The topological polar surface area (TPSA) is 12.9 Å². The molecule has 1 aromatic carbocycles. The van der Waals surface area contributed by atoms with Crippen molar-refractivity contribution in [3.05, 3.63) is 41.0 Å². The van der Waals surface area contributed by atoms with E-state index < -0.39 is 11.7 Å². The molecule has 0 aliphatic carbocycles. The lowest BCUT2D eigenvalue weighted by atomic mass is 10.1. The third kappa shape index (κ3) is 1.90. The van der Waals surface area contributed by atoms with Gasteiger partial charge >= 0.3 is 6.18 Å². The molecular weight excluding hydrogens is 227 g/mol. The Morgan fingerprint density at radius 3 is 2.53 bits per heavy atom. The zero-order valence-corrected chi connectivity index (χ0v) is 8.10. The maximum Gasteiger partial charge on any atom is 0.417 e. The summed E-state index contributed by atoms with van der Waals surface area (Å²) in [6.07, 6.45) is -3.25. The van der Waals surface area contributed by atoms with Crippen LogP contribution in [0.4, 0.5) is 13.2 Å². The highest BCUT2D eigenvalue weighted by atomic mass is 35.5. The second-order valence-electron chi connectivity index (χ2n) is 3.02. The number of hydrogen-bond acceptors (Lipinski definition) is 1. The van der Waals surface area contributed by atoms with Gasteiger partial charge in [-0.05, 0) is 24.3 Å². The van der Waals surface area contributed by atoms with Gasteiger partial charge in [-0.3, -0.25) is 4.98 Å². The van der Waals surface area contributed by atoms with E-state index >= 15 is 0 Å². The van der Waals surface area contributed by atoms with Crippen LogP contribution in [0.2, 0.25) is 5.02 Å². The van der Waals surface area contributed by atoms with E-state index in [1.165, 1.54) is 18.2 Å². The van der Waals surface area contributed by atoms with Gasteiger partial charge in [0.25, 0.3) is 0 Å². The molecule has 0 bridgehead atoms. The first kappa shape index (κ1) is 10.2. The Morgan fingerprint density at radius 1 is 1.13 bits per heavy atom. The van der Waals surface area contributed by atoms with Crippen LogP contribution in [0.15, 0.2) is 30.5 Å². The van der Waals surface area contributed by atoms with Gasteiger partial charge in [0.15, 0.2) is 0 Å². The number of rotatable bonds is 0. The summed E-state index contributed by atoms with van der Waals surface area (Å²) in [7, 11) is 0. The predicted molar refractivity (Wildman–Crippen MR) is 51.8 cm³/mol. The van der Waals surface area contributed by atoms with E-state index in [1.54, 1.807) is 0 Å². The van der Waals surface area contributed by atoms with E-state index in [4.69, 9.17) is 11.6 Å². The molecule has 0 N–H and O–H groups in total. The lowest BCUT2D eigenvalue weighted by molar-refractivity contribution is -0.136. The third-order valence-electron chi connectivity index (χ3n) is 2.01. The first-order valence-corrected chi connectivity index (χ1v) is 4.48. The molecule has 0 aliphatic heterocycles. The monoisotopic (exact) mass is 231 g/mol. The largest absolute Gasteiger partial charge is 0.417 e. The van der Waals surface area contributed by atoms with Crippen molar-refractivity contribution in [1.29, 1.82) is 0 Å². The molecule has 2 rings (SSSR count). The van der Waals surface area contributed by atoms with Crippen molar-refractivity contribution < 1.29 is 13.2 Å². The summed E-state index contributed by atoms with van der Waals surface area (Å²) in [5.41, 5.74) is -0.427. The van der Waals surface area contributed by atoms with Crippen LogP contribution in [0, 0.1) is 0 Å². The van der Waals surface area contributed by atoms with Crippen molar-refractivity contribution in [1.82, 2.24) is 4.98 Å². The number of nitrogens with zero attached hydrogens (tertiary/aromatic N) is 1. The third-order valence-corrected chi connectivity index (χ3v) is 2.24. The van der Waals surface area contributed by atoms with Crippen molar-refractivity contribution in [2.45, 2.75) is 6.18 Å². The van der Waals surface area contributed by atoms with Gasteiger partial charge in [0.2, 0.25) is 0 Å². The van der Waals surface area contributed by atoms with Gasteiger partial charge < -0.3 is 0 Å².